The molecule has 1 atom stereocenters. The fourth-order valence-electron chi connectivity index (χ4n) is 2.38. The predicted molar refractivity (Wildman–Crippen MR) is 95.7 cm³/mol. The van der Waals surface area contributed by atoms with Gasteiger partial charge in [0.15, 0.2) is 5.82 Å². The first kappa shape index (κ1) is 16.8. The number of H-pyrrole nitrogens is 1. The zero-order valence-corrected chi connectivity index (χ0v) is 14.2. The number of aromatic amines is 1. The number of nitrogens with one attached hydrogen (secondary N) is 2. The Hall–Kier alpha value is -3.06. The van der Waals surface area contributed by atoms with Gasteiger partial charge in [-0.3, -0.25) is 5.10 Å². The minimum atomic E-state index is -0.392. The maximum absolute atomic E-state index is 6.24. The van der Waals surface area contributed by atoms with Crippen LogP contribution in [0, 0.1) is 0 Å². The van der Waals surface area contributed by atoms with Crippen LogP contribution >= 0.6 is 0 Å². The van der Waals surface area contributed by atoms with Crippen molar-refractivity contribution in [3.8, 4) is 11.5 Å². The second-order valence-corrected chi connectivity index (χ2v) is 5.47. The quantitative estimate of drug-likeness (QED) is 0.612. The van der Waals surface area contributed by atoms with Crippen LogP contribution in [0.2, 0.25) is 0 Å². The number of ether oxygens (including phenoxy) is 2. The lowest BCUT2D eigenvalue weighted by atomic mass is 10.1. The van der Waals surface area contributed by atoms with E-state index < -0.39 is 6.04 Å². The third kappa shape index (κ3) is 4.07. The average molecular weight is 339 g/mol. The second-order valence-electron chi connectivity index (χ2n) is 5.47. The number of methoxy groups -OCH3 is 2. The van der Waals surface area contributed by atoms with Gasteiger partial charge in [0.25, 0.3) is 0 Å². The number of nitrogens with two attached hydrogens (primary N) is 1. The van der Waals surface area contributed by atoms with Crippen LogP contribution in [0.4, 0.5) is 5.69 Å². The van der Waals surface area contributed by atoms with Crippen molar-refractivity contribution in [2.24, 2.45) is 5.73 Å². The average Bonchev–Trinajstić information content (AvgIpc) is 3.15. The van der Waals surface area contributed by atoms with Crippen LogP contribution in [0.25, 0.3) is 0 Å². The fraction of sp³-hybridized carbons (Fsp3) is 0.222. The van der Waals surface area contributed by atoms with Gasteiger partial charge in [0.05, 0.1) is 26.8 Å². The molecule has 0 unspecified atom stereocenters. The van der Waals surface area contributed by atoms with Gasteiger partial charge in [-0.1, -0.05) is 12.1 Å². The van der Waals surface area contributed by atoms with E-state index in [0.717, 1.165) is 28.6 Å². The highest BCUT2D eigenvalue weighted by Gasteiger charge is 2.14. The molecular formula is C18H21N5O2. The van der Waals surface area contributed by atoms with Gasteiger partial charge in [-0.2, -0.15) is 5.10 Å². The Morgan fingerprint density at radius 2 is 1.60 bits per heavy atom. The summed E-state index contributed by atoms with van der Waals surface area (Å²) in [4.78, 5) is 4.47. The highest BCUT2D eigenvalue weighted by atomic mass is 16.5. The molecule has 3 rings (SSSR count). The summed E-state index contributed by atoms with van der Waals surface area (Å²) < 4.78 is 10.3. The molecule has 1 aromatic heterocycles. The Labute approximate surface area is 146 Å². The summed E-state index contributed by atoms with van der Waals surface area (Å²) >= 11 is 0. The fourth-order valence-corrected chi connectivity index (χ4v) is 2.38. The Kier molecular flexibility index (Phi) is 5.15. The van der Waals surface area contributed by atoms with E-state index >= 15 is 0 Å². The molecule has 25 heavy (non-hydrogen) atoms. The van der Waals surface area contributed by atoms with E-state index in [0.29, 0.717) is 12.4 Å². The van der Waals surface area contributed by atoms with Gasteiger partial charge >= 0.3 is 0 Å². The molecule has 0 amide bonds. The molecule has 0 bridgehead atoms. The summed E-state index contributed by atoms with van der Waals surface area (Å²) in [7, 11) is 3.27. The van der Waals surface area contributed by atoms with Gasteiger partial charge in [-0.05, 0) is 42.0 Å². The summed E-state index contributed by atoms with van der Waals surface area (Å²) in [6.45, 7) is 0.522. The molecule has 1 heterocycles. The van der Waals surface area contributed by atoms with Crippen molar-refractivity contribution in [2.45, 2.75) is 12.6 Å². The molecule has 130 valence electrons. The summed E-state index contributed by atoms with van der Waals surface area (Å²) in [6.07, 6.45) is 0. The van der Waals surface area contributed by atoms with Gasteiger partial charge in [0.1, 0.15) is 17.3 Å². The molecule has 0 radical (unpaired) electrons. The van der Waals surface area contributed by atoms with E-state index in [1.165, 1.54) is 0 Å². The molecular weight excluding hydrogens is 318 g/mol. The Morgan fingerprint density at radius 3 is 2.20 bits per heavy atom. The minimum absolute atomic E-state index is 0.392. The van der Waals surface area contributed by atoms with Gasteiger partial charge in [-0.15, -0.1) is 0 Å². The van der Waals surface area contributed by atoms with Gasteiger partial charge in [0.2, 0.25) is 0 Å². The van der Waals surface area contributed by atoms with Crippen molar-refractivity contribution in [1.82, 2.24) is 15.2 Å². The smallest absolute Gasteiger partial charge is 0.171 e. The number of hydrogen-bond donors (Lipinski definition) is 3. The summed E-state index contributed by atoms with van der Waals surface area (Å²) in [5, 5.41) is 10.4. The molecule has 7 heteroatoms. The Balaban J connectivity index is 1.62. The van der Waals surface area contributed by atoms with Crippen molar-refractivity contribution < 1.29 is 9.47 Å². The first-order chi connectivity index (χ1) is 12.2. The maximum Gasteiger partial charge on any atom is 0.171 e. The minimum Gasteiger partial charge on any atom is -0.497 e. The second kappa shape index (κ2) is 7.67. The molecule has 0 fully saturated rings. The van der Waals surface area contributed by atoms with Crippen molar-refractivity contribution >= 4 is 5.69 Å². The SMILES string of the molecule is COc1ccc(NCc2nc([C@@H](N)c3ccc(OC)cc3)n[nH]2)cc1. The largest absolute Gasteiger partial charge is 0.497 e. The first-order valence-electron chi connectivity index (χ1n) is 7.88. The van der Waals surface area contributed by atoms with E-state index in [2.05, 4.69) is 20.5 Å². The Morgan fingerprint density at radius 1 is 1.00 bits per heavy atom. The number of aromatic nitrogens is 3. The molecule has 0 aliphatic heterocycles. The Bertz CT molecular complexity index is 799. The maximum atomic E-state index is 6.24. The van der Waals surface area contributed by atoms with Crippen LogP contribution in [-0.4, -0.2) is 29.4 Å². The van der Waals surface area contributed by atoms with E-state index in [1.54, 1.807) is 14.2 Å². The van der Waals surface area contributed by atoms with Crippen molar-refractivity contribution in [2.75, 3.05) is 19.5 Å². The molecule has 0 saturated heterocycles. The summed E-state index contributed by atoms with van der Waals surface area (Å²) in [6, 6.07) is 14.9. The molecule has 0 aliphatic carbocycles. The third-order valence-electron chi connectivity index (χ3n) is 3.85. The molecule has 3 aromatic rings. The van der Waals surface area contributed by atoms with E-state index in [1.807, 2.05) is 48.5 Å². The van der Waals surface area contributed by atoms with E-state index in [-0.39, 0.29) is 0 Å². The topological polar surface area (TPSA) is 98.1 Å². The van der Waals surface area contributed by atoms with Crippen LogP contribution in [-0.2, 0) is 6.54 Å². The summed E-state index contributed by atoms with van der Waals surface area (Å²) in [5.41, 5.74) is 8.14. The number of benzene rings is 2. The van der Waals surface area contributed by atoms with Gasteiger partial charge in [0, 0.05) is 5.69 Å². The van der Waals surface area contributed by atoms with Crippen LogP contribution in [0.15, 0.2) is 48.5 Å². The number of anilines is 1. The lowest BCUT2D eigenvalue weighted by Crippen LogP contribution is -2.13. The molecule has 0 saturated carbocycles. The normalized spacial score (nSPS) is 11.8. The highest BCUT2D eigenvalue weighted by Crippen LogP contribution is 2.20. The first-order valence-corrected chi connectivity index (χ1v) is 7.88. The summed E-state index contributed by atoms with van der Waals surface area (Å²) in [5.74, 6) is 2.87. The van der Waals surface area contributed by atoms with Crippen LogP contribution in [0.3, 0.4) is 0 Å². The van der Waals surface area contributed by atoms with Crippen LogP contribution < -0.4 is 20.5 Å². The lowest BCUT2D eigenvalue weighted by molar-refractivity contribution is 0.414. The monoisotopic (exact) mass is 339 g/mol. The van der Waals surface area contributed by atoms with Crippen molar-refractivity contribution in [3.05, 3.63) is 65.7 Å². The molecule has 7 nitrogen and oxygen atoms in total. The van der Waals surface area contributed by atoms with Crippen molar-refractivity contribution in [1.29, 1.82) is 0 Å². The standard InChI is InChI=1S/C18H21N5O2/c1-24-14-7-3-12(4-8-14)17(19)18-21-16(22-23-18)11-20-13-5-9-15(25-2)10-6-13/h3-10,17,20H,11,19H2,1-2H3,(H,21,22,23)/t17-/m0/s1. The van der Waals surface area contributed by atoms with Crippen molar-refractivity contribution in [3.63, 3.8) is 0 Å². The van der Waals surface area contributed by atoms with E-state index in [4.69, 9.17) is 15.2 Å². The number of rotatable bonds is 7. The highest BCUT2D eigenvalue weighted by molar-refractivity contribution is 5.46. The predicted octanol–water partition coefficient (Wildman–Crippen LogP) is 2.48. The zero-order chi connectivity index (χ0) is 17.6. The third-order valence-corrected chi connectivity index (χ3v) is 3.85. The lowest BCUT2D eigenvalue weighted by Gasteiger charge is -2.08. The molecule has 4 N–H and O–H groups in total. The van der Waals surface area contributed by atoms with Crippen LogP contribution in [0.1, 0.15) is 23.3 Å². The van der Waals surface area contributed by atoms with Gasteiger partial charge < -0.3 is 20.5 Å². The zero-order valence-electron chi connectivity index (χ0n) is 14.2. The van der Waals surface area contributed by atoms with E-state index in [9.17, 15) is 0 Å². The number of hydrogen-bond acceptors (Lipinski definition) is 6. The van der Waals surface area contributed by atoms with Gasteiger partial charge in [-0.25, -0.2) is 4.98 Å². The molecule has 0 aliphatic rings. The molecule has 0 spiro atoms. The molecule has 2 aromatic carbocycles. The van der Waals surface area contributed by atoms with Crippen LogP contribution in [0.5, 0.6) is 11.5 Å². The number of nitrogens with zero attached hydrogens (tertiary/aromatic N) is 2.